The van der Waals surface area contributed by atoms with Crippen molar-refractivity contribution in [3.63, 3.8) is 0 Å². The molecule has 2 N–H and O–H groups in total. The third kappa shape index (κ3) is 6.09. The molecule has 3 nitrogen and oxygen atoms in total. The summed E-state index contributed by atoms with van der Waals surface area (Å²) < 4.78 is 0. The molecule has 0 bridgehead atoms. The van der Waals surface area contributed by atoms with Crippen LogP contribution in [0.2, 0.25) is 0 Å². The summed E-state index contributed by atoms with van der Waals surface area (Å²) in [6.45, 7) is 1.01. The highest BCUT2D eigenvalue weighted by molar-refractivity contribution is 5.74. The van der Waals surface area contributed by atoms with Crippen LogP contribution in [0.5, 0.6) is 0 Å². The van der Waals surface area contributed by atoms with Gasteiger partial charge in [-0.05, 0) is 11.1 Å². The van der Waals surface area contributed by atoms with Crippen LogP contribution in [0.25, 0.3) is 12.2 Å². The topological polar surface area (TPSA) is 41.1 Å². The number of rotatable bonds is 6. The third-order valence-corrected chi connectivity index (χ3v) is 2.98. The molecule has 0 saturated heterocycles. The Kier molecular flexibility index (Phi) is 6.50. The standard InChI is InChI=1S/C19H20N2O/c22-19(20-15-7-13-17-9-3-1-4-10-17)21-16-8-14-18-11-5-2-6-12-18/h1-14H,15-16H2,(H2,20,21,22). The second-order valence-corrected chi connectivity index (χ2v) is 4.72. The quantitative estimate of drug-likeness (QED) is 0.837. The summed E-state index contributed by atoms with van der Waals surface area (Å²) >= 11 is 0. The van der Waals surface area contributed by atoms with Gasteiger partial charge in [0.2, 0.25) is 0 Å². The minimum Gasteiger partial charge on any atom is -0.335 e. The first-order chi connectivity index (χ1) is 10.8. The van der Waals surface area contributed by atoms with Gasteiger partial charge in [0, 0.05) is 13.1 Å². The average Bonchev–Trinajstić information content (AvgIpc) is 2.57. The molecule has 0 saturated carbocycles. The van der Waals surface area contributed by atoms with Crippen molar-refractivity contribution in [1.82, 2.24) is 10.6 Å². The van der Waals surface area contributed by atoms with Gasteiger partial charge in [-0.3, -0.25) is 0 Å². The van der Waals surface area contributed by atoms with Gasteiger partial charge >= 0.3 is 6.03 Å². The van der Waals surface area contributed by atoms with Crippen molar-refractivity contribution in [3.8, 4) is 0 Å². The highest BCUT2D eigenvalue weighted by atomic mass is 16.2. The van der Waals surface area contributed by atoms with Gasteiger partial charge in [0.15, 0.2) is 0 Å². The van der Waals surface area contributed by atoms with E-state index in [1.165, 1.54) is 0 Å². The van der Waals surface area contributed by atoms with E-state index in [2.05, 4.69) is 10.6 Å². The summed E-state index contributed by atoms with van der Waals surface area (Å²) in [7, 11) is 0. The van der Waals surface area contributed by atoms with Crippen LogP contribution in [0.15, 0.2) is 72.8 Å². The molecule has 0 unspecified atom stereocenters. The van der Waals surface area contributed by atoms with Crippen molar-refractivity contribution in [1.29, 1.82) is 0 Å². The van der Waals surface area contributed by atoms with Crippen molar-refractivity contribution in [2.75, 3.05) is 13.1 Å². The fourth-order valence-corrected chi connectivity index (χ4v) is 1.88. The van der Waals surface area contributed by atoms with Crippen molar-refractivity contribution in [2.45, 2.75) is 0 Å². The van der Waals surface area contributed by atoms with E-state index in [1.54, 1.807) is 0 Å². The molecular weight excluding hydrogens is 272 g/mol. The summed E-state index contributed by atoms with van der Waals surface area (Å²) in [4.78, 5) is 11.6. The maximum absolute atomic E-state index is 11.6. The molecule has 2 rings (SSSR count). The van der Waals surface area contributed by atoms with Crippen molar-refractivity contribution in [2.24, 2.45) is 0 Å². The van der Waals surface area contributed by atoms with E-state index in [0.717, 1.165) is 11.1 Å². The van der Waals surface area contributed by atoms with Gasteiger partial charge in [0.25, 0.3) is 0 Å². The van der Waals surface area contributed by atoms with E-state index in [-0.39, 0.29) is 6.03 Å². The number of nitrogens with one attached hydrogen (secondary N) is 2. The predicted molar refractivity (Wildman–Crippen MR) is 92.4 cm³/mol. The van der Waals surface area contributed by atoms with Gasteiger partial charge in [0.05, 0.1) is 0 Å². The van der Waals surface area contributed by atoms with Gasteiger partial charge in [-0.15, -0.1) is 0 Å². The molecule has 3 heteroatoms. The maximum Gasteiger partial charge on any atom is 0.315 e. The zero-order chi connectivity index (χ0) is 15.5. The third-order valence-electron chi connectivity index (χ3n) is 2.98. The van der Waals surface area contributed by atoms with E-state index in [9.17, 15) is 4.79 Å². The van der Waals surface area contributed by atoms with Crippen molar-refractivity contribution < 1.29 is 4.79 Å². The van der Waals surface area contributed by atoms with Gasteiger partial charge in [-0.25, -0.2) is 4.79 Å². The largest absolute Gasteiger partial charge is 0.335 e. The highest BCUT2D eigenvalue weighted by Gasteiger charge is 1.94. The molecule has 0 aliphatic heterocycles. The first-order valence-electron chi connectivity index (χ1n) is 7.29. The molecule has 0 spiro atoms. The Morgan fingerprint density at radius 3 is 1.55 bits per heavy atom. The Labute approximate surface area is 131 Å². The van der Waals surface area contributed by atoms with Crippen LogP contribution in [0.3, 0.4) is 0 Å². The molecule has 112 valence electrons. The lowest BCUT2D eigenvalue weighted by atomic mass is 10.2. The molecule has 0 heterocycles. The molecule has 0 fully saturated rings. The number of urea groups is 1. The van der Waals surface area contributed by atoms with Crippen LogP contribution in [0.4, 0.5) is 4.79 Å². The molecule has 0 aliphatic carbocycles. The summed E-state index contributed by atoms with van der Waals surface area (Å²) in [5, 5.41) is 5.56. The van der Waals surface area contributed by atoms with Crippen molar-refractivity contribution in [3.05, 3.63) is 83.9 Å². The smallest absolute Gasteiger partial charge is 0.315 e. The van der Waals surface area contributed by atoms with E-state index < -0.39 is 0 Å². The summed E-state index contributed by atoms with van der Waals surface area (Å²) in [6.07, 6.45) is 7.81. The second kappa shape index (κ2) is 9.19. The Bertz CT molecular complexity index is 563. The molecule has 2 aromatic carbocycles. The maximum atomic E-state index is 11.6. The highest BCUT2D eigenvalue weighted by Crippen LogP contribution is 2.00. The summed E-state index contributed by atoms with van der Waals surface area (Å²) in [5.74, 6) is 0. The van der Waals surface area contributed by atoms with Crippen LogP contribution in [-0.4, -0.2) is 19.1 Å². The molecule has 2 aromatic rings. The lowest BCUT2D eigenvalue weighted by Gasteiger charge is -2.02. The lowest BCUT2D eigenvalue weighted by Crippen LogP contribution is -2.35. The van der Waals surface area contributed by atoms with E-state index >= 15 is 0 Å². The van der Waals surface area contributed by atoms with E-state index in [1.807, 2.05) is 85.0 Å². The number of hydrogen-bond acceptors (Lipinski definition) is 1. The first kappa shape index (κ1) is 15.6. The van der Waals surface area contributed by atoms with Gasteiger partial charge < -0.3 is 10.6 Å². The normalized spacial score (nSPS) is 10.9. The first-order valence-corrected chi connectivity index (χ1v) is 7.29. The Morgan fingerprint density at radius 1 is 0.727 bits per heavy atom. The molecule has 0 aliphatic rings. The molecular formula is C19H20N2O. The van der Waals surface area contributed by atoms with Crippen LogP contribution in [0, 0.1) is 0 Å². The number of carbonyl (C=O) groups excluding carboxylic acids is 1. The summed E-state index contributed by atoms with van der Waals surface area (Å²) in [5.41, 5.74) is 2.24. The Balaban J connectivity index is 1.62. The number of hydrogen-bond donors (Lipinski definition) is 2. The zero-order valence-electron chi connectivity index (χ0n) is 12.4. The molecule has 2 amide bonds. The monoisotopic (exact) mass is 292 g/mol. The second-order valence-electron chi connectivity index (χ2n) is 4.72. The van der Waals surface area contributed by atoms with Crippen LogP contribution >= 0.6 is 0 Å². The number of amides is 2. The Hall–Kier alpha value is -2.81. The molecule has 0 atom stereocenters. The molecule has 0 aromatic heterocycles. The SMILES string of the molecule is O=C(NCC=Cc1ccccc1)NCC=Cc1ccccc1. The van der Waals surface area contributed by atoms with Gasteiger partial charge in [0.1, 0.15) is 0 Å². The fourth-order valence-electron chi connectivity index (χ4n) is 1.88. The minimum atomic E-state index is -0.171. The summed E-state index contributed by atoms with van der Waals surface area (Å²) in [6, 6.07) is 19.8. The van der Waals surface area contributed by atoms with Crippen LogP contribution in [0.1, 0.15) is 11.1 Å². The molecule has 22 heavy (non-hydrogen) atoms. The van der Waals surface area contributed by atoms with Crippen molar-refractivity contribution >= 4 is 18.2 Å². The number of benzene rings is 2. The average molecular weight is 292 g/mol. The Morgan fingerprint density at radius 2 is 1.14 bits per heavy atom. The number of carbonyl (C=O) groups is 1. The minimum absolute atomic E-state index is 0.171. The predicted octanol–water partition coefficient (Wildman–Crippen LogP) is 3.71. The van der Waals surface area contributed by atoms with Gasteiger partial charge in [-0.1, -0.05) is 85.0 Å². The van der Waals surface area contributed by atoms with E-state index in [0.29, 0.717) is 13.1 Å². The zero-order valence-corrected chi connectivity index (χ0v) is 12.4. The van der Waals surface area contributed by atoms with Crippen LogP contribution < -0.4 is 10.6 Å². The van der Waals surface area contributed by atoms with Crippen LogP contribution in [-0.2, 0) is 0 Å². The fraction of sp³-hybridized carbons (Fsp3) is 0.105. The van der Waals surface area contributed by atoms with E-state index in [4.69, 9.17) is 0 Å². The molecule has 0 radical (unpaired) electrons. The lowest BCUT2D eigenvalue weighted by molar-refractivity contribution is 0.243. The van der Waals surface area contributed by atoms with Gasteiger partial charge in [-0.2, -0.15) is 0 Å².